The highest BCUT2D eigenvalue weighted by Gasteiger charge is 2.20. The van der Waals surface area contributed by atoms with Crippen molar-refractivity contribution in [2.45, 2.75) is 45.4 Å². The van der Waals surface area contributed by atoms with Crippen LogP contribution in [0, 0.1) is 11.3 Å². The van der Waals surface area contributed by atoms with Gasteiger partial charge in [-0.3, -0.25) is 0 Å². The predicted octanol–water partition coefficient (Wildman–Crippen LogP) is 6.68. The Kier molecular flexibility index (Phi) is 10.7. The molecule has 0 amide bonds. The first-order valence-corrected chi connectivity index (χ1v) is 13.2. The summed E-state index contributed by atoms with van der Waals surface area (Å²) >= 11 is 0. The number of hydrogen-bond donors (Lipinski definition) is 2. The number of fused-ring (bicyclic) bond motifs is 1. The number of halogens is 1. The first-order valence-electron chi connectivity index (χ1n) is 13.2. The van der Waals surface area contributed by atoms with Crippen molar-refractivity contribution in [1.29, 1.82) is 5.26 Å². The number of esters is 1. The molecule has 1 atom stereocenters. The van der Waals surface area contributed by atoms with Crippen LogP contribution in [0.1, 0.15) is 48.7 Å². The number of hydrogen-bond acceptors (Lipinski definition) is 6. The van der Waals surface area contributed by atoms with E-state index in [1.165, 1.54) is 16.3 Å². The number of carbonyl (C=O) groups is 1. The highest BCUT2D eigenvalue weighted by Crippen LogP contribution is 2.30. The van der Waals surface area contributed by atoms with Crippen LogP contribution in [0.25, 0.3) is 21.9 Å². The lowest BCUT2D eigenvalue weighted by molar-refractivity contribution is -0.0234. The maximum atomic E-state index is 12.4. The van der Waals surface area contributed by atoms with Gasteiger partial charge in [0.15, 0.2) is 6.29 Å². The third-order valence-corrected chi connectivity index (χ3v) is 6.55. The first-order chi connectivity index (χ1) is 18.8. The second-order valence-electron chi connectivity index (χ2n) is 10.1. The Labute approximate surface area is 242 Å². The molecule has 208 valence electrons. The van der Waals surface area contributed by atoms with Gasteiger partial charge in [0.2, 0.25) is 0 Å². The van der Waals surface area contributed by atoms with Crippen LogP contribution in [-0.4, -0.2) is 36.1 Å². The van der Waals surface area contributed by atoms with Gasteiger partial charge in [-0.15, -0.1) is 12.4 Å². The molecule has 7 heteroatoms. The molecule has 0 aliphatic rings. The third-order valence-electron chi connectivity index (χ3n) is 6.55. The summed E-state index contributed by atoms with van der Waals surface area (Å²) in [7, 11) is 0. The Balaban J connectivity index is 0.00000441. The van der Waals surface area contributed by atoms with Crippen LogP contribution in [0.3, 0.4) is 0 Å². The highest BCUT2D eigenvalue weighted by atomic mass is 35.5. The molecule has 4 rings (SSSR count). The zero-order valence-electron chi connectivity index (χ0n) is 23.0. The molecule has 0 aliphatic carbocycles. The number of aliphatic hydroxyl groups is 1. The zero-order valence-corrected chi connectivity index (χ0v) is 23.8. The van der Waals surface area contributed by atoms with Crippen LogP contribution in [0.5, 0.6) is 5.75 Å². The molecule has 0 aromatic heterocycles. The van der Waals surface area contributed by atoms with Crippen LogP contribution in [0.15, 0.2) is 84.9 Å². The number of aliphatic hydroxyl groups excluding tert-OH is 1. The molecule has 0 bridgehead atoms. The van der Waals surface area contributed by atoms with Crippen LogP contribution >= 0.6 is 12.4 Å². The summed E-state index contributed by atoms with van der Waals surface area (Å²) in [4.78, 5) is 12.4. The van der Waals surface area contributed by atoms with Gasteiger partial charge < -0.3 is 19.9 Å². The fourth-order valence-corrected chi connectivity index (χ4v) is 4.66. The lowest BCUT2D eigenvalue weighted by atomic mass is 9.93. The third kappa shape index (κ3) is 7.83. The smallest absolute Gasteiger partial charge is 0.338 e. The van der Waals surface area contributed by atoms with Crippen molar-refractivity contribution in [3.63, 3.8) is 0 Å². The average molecular weight is 559 g/mol. The second kappa shape index (κ2) is 14.0. The average Bonchev–Trinajstić information content (AvgIpc) is 2.92. The van der Waals surface area contributed by atoms with Crippen LogP contribution in [-0.2, 0) is 11.2 Å². The monoisotopic (exact) mass is 558 g/mol. The van der Waals surface area contributed by atoms with E-state index in [1.54, 1.807) is 37.3 Å². The number of nitriles is 1. The van der Waals surface area contributed by atoms with Crippen molar-refractivity contribution in [2.75, 3.05) is 13.2 Å². The van der Waals surface area contributed by atoms with E-state index in [2.05, 4.69) is 55.6 Å². The maximum Gasteiger partial charge on any atom is 0.338 e. The van der Waals surface area contributed by atoms with Gasteiger partial charge in [-0.25, -0.2) is 4.79 Å². The van der Waals surface area contributed by atoms with Crippen molar-refractivity contribution in [3.8, 4) is 22.9 Å². The largest absolute Gasteiger partial charge is 0.464 e. The molecule has 0 spiro atoms. The van der Waals surface area contributed by atoms with E-state index in [0.717, 1.165) is 6.42 Å². The van der Waals surface area contributed by atoms with Gasteiger partial charge in [0.25, 0.3) is 0 Å². The molecule has 0 radical (unpaired) electrons. The second-order valence-corrected chi connectivity index (χ2v) is 10.1. The van der Waals surface area contributed by atoms with Gasteiger partial charge >= 0.3 is 5.97 Å². The summed E-state index contributed by atoms with van der Waals surface area (Å²) in [6.07, 6.45) is 0.0434. The van der Waals surface area contributed by atoms with Crippen LogP contribution in [0.2, 0.25) is 0 Å². The van der Waals surface area contributed by atoms with Crippen molar-refractivity contribution in [3.05, 3.63) is 102 Å². The molecule has 0 aliphatic heterocycles. The summed E-state index contributed by atoms with van der Waals surface area (Å²) in [6.45, 7) is 6.82. The SMILES string of the molecule is CCOC(=O)c1ccccc1-c1ccc(C#N)c(OC(O)CCNC(C)(C)Cc2ccc3ccccc3c2)c1.Cl. The Bertz CT molecular complexity index is 1500. The molecule has 6 nitrogen and oxygen atoms in total. The van der Waals surface area contributed by atoms with Gasteiger partial charge in [0, 0.05) is 18.5 Å². The molecule has 0 heterocycles. The van der Waals surface area contributed by atoms with E-state index in [-0.39, 0.29) is 30.3 Å². The van der Waals surface area contributed by atoms with Gasteiger partial charge in [-0.05, 0) is 72.9 Å². The Hall–Kier alpha value is -3.89. The van der Waals surface area contributed by atoms with E-state index in [0.29, 0.717) is 35.2 Å². The lowest BCUT2D eigenvalue weighted by Crippen LogP contribution is -2.43. The minimum Gasteiger partial charge on any atom is -0.464 e. The summed E-state index contributed by atoms with van der Waals surface area (Å²) in [5, 5.41) is 26.2. The highest BCUT2D eigenvalue weighted by molar-refractivity contribution is 5.97. The summed E-state index contributed by atoms with van der Waals surface area (Å²) in [5.74, 6) is -0.158. The fraction of sp³-hybridized carbons (Fsp3) is 0.273. The minimum absolute atomic E-state index is 0. The van der Waals surface area contributed by atoms with Crippen molar-refractivity contribution >= 4 is 29.1 Å². The normalized spacial score (nSPS) is 11.8. The number of ether oxygens (including phenoxy) is 2. The standard InChI is InChI=1S/C33H34N2O4.ClH/c1-4-38-32(37)29-12-8-7-11-28(29)26-15-16-27(22-34)30(20-26)39-31(36)17-18-35-33(2,3)21-23-13-14-24-9-5-6-10-25(24)19-23;/h5-16,19-20,31,35-36H,4,17-18,21H2,1-3H3;1H. The number of nitrogens with zero attached hydrogens (tertiary/aromatic N) is 1. The molecule has 40 heavy (non-hydrogen) atoms. The summed E-state index contributed by atoms with van der Waals surface area (Å²) in [5.41, 5.74) is 3.12. The fourth-order valence-electron chi connectivity index (χ4n) is 4.66. The number of carbonyl (C=O) groups excluding carboxylic acids is 1. The van der Waals surface area contributed by atoms with E-state index in [9.17, 15) is 15.2 Å². The van der Waals surface area contributed by atoms with Crippen LogP contribution in [0.4, 0.5) is 0 Å². The van der Waals surface area contributed by atoms with Gasteiger partial charge in [-0.2, -0.15) is 5.26 Å². The molecule has 0 fully saturated rings. The maximum absolute atomic E-state index is 12.4. The van der Waals surface area contributed by atoms with Crippen molar-refractivity contribution in [1.82, 2.24) is 5.32 Å². The molecule has 2 N–H and O–H groups in total. The Morgan fingerprint density at radius 2 is 1.73 bits per heavy atom. The molecular formula is C33H35ClN2O4. The summed E-state index contributed by atoms with van der Waals surface area (Å²) < 4.78 is 11.0. The lowest BCUT2D eigenvalue weighted by Gasteiger charge is -2.27. The Morgan fingerprint density at radius 3 is 2.48 bits per heavy atom. The zero-order chi connectivity index (χ0) is 27.8. The molecule has 0 saturated carbocycles. The number of rotatable bonds is 11. The quantitative estimate of drug-likeness (QED) is 0.158. The molecule has 4 aromatic rings. The van der Waals surface area contributed by atoms with Gasteiger partial charge in [0.1, 0.15) is 11.8 Å². The molecular weight excluding hydrogens is 524 g/mol. The molecule has 1 unspecified atom stereocenters. The van der Waals surface area contributed by atoms with Crippen LogP contribution < -0.4 is 10.1 Å². The summed E-state index contributed by atoms with van der Waals surface area (Å²) in [6, 6.07) is 29.1. The number of benzene rings is 4. The van der Waals surface area contributed by atoms with E-state index in [4.69, 9.17) is 9.47 Å². The Morgan fingerprint density at radius 1 is 1.00 bits per heavy atom. The van der Waals surface area contributed by atoms with E-state index < -0.39 is 12.3 Å². The van der Waals surface area contributed by atoms with Gasteiger partial charge in [-0.1, -0.05) is 66.7 Å². The van der Waals surface area contributed by atoms with E-state index in [1.807, 2.05) is 24.3 Å². The van der Waals surface area contributed by atoms with Crippen molar-refractivity contribution < 1.29 is 19.4 Å². The minimum atomic E-state index is -1.11. The first kappa shape index (κ1) is 30.6. The topological polar surface area (TPSA) is 91.6 Å². The van der Waals surface area contributed by atoms with E-state index >= 15 is 0 Å². The molecule has 4 aromatic carbocycles. The predicted molar refractivity (Wildman–Crippen MR) is 161 cm³/mol. The molecule has 0 saturated heterocycles. The number of nitrogens with one attached hydrogen (secondary N) is 1. The van der Waals surface area contributed by atoms with Gasteiger partial charge in [0.05, 0.1) is 17.7 Å². The van der Waals surface area contributed by atoms with Crippen molar-refractivity contribution in [2.24, 2.45) is 0 Å².